The third-order valence-corrected chi connectivity index (χ3v) is 5.29. The molecule has 0 aliphatic rings. The molecule has 0 unspecified atom stereocenters. The number of amides is 2. The Morgan fingerprint density at radius 3 is 1.75 bits per heavy atom. The van der Waals surface area contributed by atoms with Gasteiger partial charge in [0.1, 0.15) is 15.7 Å². The van der Waals surface area contributed by atoms with Gasteiger partial charge in [-0.15, -0.1) is 0 Å². The third-order valence-electron chi connectivity index (χ3n) is 4.38. The van der Waals surface area contributed by atoms with E-state index in [-0.39, 0.29) is 22.9 Å². The molecule has 28 heavy (non-hydrogen) atoms. The van der Waals surface area contributed by atoms with E-state index in [0.29, 0.717) is 21.4 Å². The zero-order chi connectivity index (χ0) is 20.7. The quantitative estimate of drug-likeness (QED) is 0.667. The number of halogens is 2. The van der Waals surface area contributed by atoms with Crippen molar-refractivity contribution in [1.29, 1.82) is 0 Å². The maximum atomic E-state index is 12.8. The van der Waals surface area contributed by atoms with Crippen LogP contribution in [0.1, 0.15) is 32.2 Å². The van der Waals surface area contributed by atoms with Crippen LogP contribution >= 0.6 is 23.2 Å². The molecule has 0 spiro atoms. The molecule has 0 bridgehead atoms. The molecule has 0 aliphatic carbocycles. The fraction of sp³-hybridized carbons (Fsp3) is 0.312. The number of nitrogens with zero attached hydrogens (tertiary/aromatic N) is 6. The smallest absolute Gasteiger partial charge is 0.275 e. The third kappa shape index (κ3) is 3.36. The molecular weight excluding hydrogens is 407 g/mol. The van der Waals surface area contributed by atoms with Crippen LogP contribution in [0.25, 0.3) is 0 Å². The molecule has 3 rings (SSSR count). The predicted octanol–water partition coefficient (Wildman–Crippen LogP) is 2.32. The molecule has 3 heterocycles. The Hall–Kier alpha value is -2.85. The maximum absolute atomic E-state index is 12.8. The second-order valence-electron chi connectivity index (χ2n) is 6.18. The highest BCUT2D eigenvalue weighted by molar-refractivity contribution is 6.35. The van der Waals surface area contributed by atoms with Gasteiger partial charge >= 0.3 is 0 Å². The minimum Gasteiger partial charge on any atom is -0.304 e. The molecule has 0 aromatic carbocycles. The first-order valence-corrected chi connectivity index (χ1v) is 8.90. The molecule has 2 amide bonds. The van der Waals surface area contributed by atoms with Gasteiger partial charge in [-0.05, 0) is 13.8 Å². The molecule has 0 radical (unpaired) electrons. The zero-order valence-corrected chi connectivity index (χ0v) is 17.3. The van der Waals surface area contributed by atoms with Crippen molar-refractivity contribution in [2.45, 2.75) is 13.8 Å². The highest BCUT2D eigenvalue weighted by atomic mass is 35.5. The van der Waals surface area contributed by atoms with Crippen molar-refractivity contribution >= 4 is 46.7 Å². The Morgan fingerprint density at radius 2 is 1.32 bits per heavy atom. The summed E-state index contributed by atoms with van der Waals surface area (Å²) in [4.78, 5) is 25.5. The largest absolute Gasteiger partial charge is 0.304 e. The second kappa shape index (κ2) is 7.28. The van der Waals surface area contributed by atoms with Gasteiger partial charge in [-0.25, -0.2) is 0 Å². The minimum absolute atomic E-state index is 0.0423. The van der Waals surface area contributed by atoms with Crippen molar-refractivity contribution in [3.05, 3.63) is 38.9 Å². The van der Waals surface area contributed by atoms with E-state index in [1.807, 2.05) is 0 Å². The first-order chi connectivity index (χ1) is 13.1. The first-order valence-electron chi connectivity index (χ1n) is 8.14. The van der Waals surface area contributed by atoms with Gasteiger partial charge in [-0.1, -0.05) is 23.2 Å². The van der Waals surface area contributed by atoms with Crippen LogP contribution in [0, 0.1) is 13.8 Å². The van der Waals surface area contributed by atoms with Crippen LogP contribution in [-0.4, -0.2) is 41.2 Å². The summed E-state index contributed by atoms with van der Waals surface area (Å²) >= 11 is 12.4. The van der Waals surface area contributed by atoms with Crippen LogP contribution in [0.4, 0.5) is 11.6 Å². The molecule has 0 atom stereocenters. The van der Waals surface area contributed by atoms with E-state index in [0.717, 1.165) is 0 Å². The number of nitrogens with one attached hydrogen (secondary N) is 2. The summed E-state index contributed by atoms with van der Waals surface area (Å²) in [6, 6.07) is 0. The van der Waals surface area contributed by atoms with E-state index < -0.39 is 11.8 Å². The van der Waals surface area contributed by atoms with E-state index in [1.165, 1.54) is 10.9 Å². The Kier molecular flexibility index (Phi) is 5.18. The number of rotatable bonds is 4. The average Bonchev–Trinajstić information content (AvgIpc) is 3.22. The topological polar surface area (TPSA) is 112 Å². The van der Waals surface area contributed by atoms with Crippen LogP contribution in [0.3, 0.4) is 0 Å². The van der Waals surface area contributed by atoms with E-state index in [4.69, 9.17) is 23.2 Å². The van der Waals surface area contributed by atoms with Gasteiger partial charge in [0.25, 0.3) is 11.8 Å². The summed E-state index contributed by atoms with van der Waals surface area (Å²) in [6.45, 7) is 3.54. The van der Waals surface area contributed by atoms with Crippen LogP contribution in [-0.2, 0) is 21.1 Å². The molecule has 0 saturated carbocycles. The molecular formula is C16H18Cl2N8O2. The van der Waals surface area contributed by atoms with Gasteiger partial charge in [-0.3, -0.25) is 23.6 Å². The van der Waals surface area contributed by atoms with Crippen molar-refractivity contribution in [3.63, 3.8) is 0 Å². The maximum Gasteiger partial charge on any atom is 0.275 e. The van der Waals surface area contributed by atoms with E-state index >= 15 is 0 Å². The SMILES string of the molecule is Cc1c(Cl)c(NC(=O)c2cnn(C)c2C(=O)Nc2nn(C)c(C)c2Cl)nn1C. The van der Waals surface area contributed by atoms with Crippen molar-refractivity contribution in [2.24, 2.45) is 21.1 Å². The number of carbonyl (C=O) groups excluding carboxylic acids is 2. The summed E-state index contributed by atoms with van der Waals surface area (Å²) in [5.74, 6) is -0.747. The van der Waals surface area contributed by atoms with Gasteiger partial charge in [0, 0.05) is 21.1 Å². The lowest BCUT2D eigenvalue weighted by molar-refractivity contribution is 0.0984. The number of anilines is 2. The van der Waals surface area contributed by atoms with E-state index in [1.54, 1.807) is 44.4 Å². The molecule has 2 N–H and O–H groups in total. The van der Waals surface area contributed by atoms with Gasteiger partial charge in [0.05, 0.1) is 23.1 Å². The molecule has 0 saturated heterocycles. The summed E-state index contributed by atoms with van der Waals surface area (Å²) in [5.41, 5.74) is 1.49. The van der Waals surface area contributed by atoms with Gasteiger partial charge in [-0.2, -0.15) is 15.3 Å². The zero-order valence-electron chi connectivity index (χ0n) is 15.8. The summed E-state index contributed by atoms with van der Waals surface area (Å²) in [5, 5.41) is 18.2. The number of aromatic nitrogens is 6. The second-order valence-corrected chi connectivity index (χ2v) is 6.94. The molecule has 3 aromatic heterocycles. The molecule has 0 fully saturated rings. The summed E-state index contributed by atoms with van der Waals surface area (Å²) < 4.78 is 4.37. The monoisotopic (exact) mass is 424 g/mol. The van der Waals surface area contributed by atoms with Gasteiger partial charge in [0.15, 0.2) is 11.6 Å². The Balaban J connectivity index is 1.88. The van der Waals surface area contributed by atoms with Gasteiger partial charge in [0.2, 0.25) is 0 Å². The number of hydrogen-bond acceptors (Lipinski definition) is 5. The van der Waals surface area contributed by atoms with E-state index in [9.17, 15) is 9.59 Å². The number of hydrogen-bond donors (Lipinski definition) is 2. The lowest BCUT2D eigenvalue weighted by Gasteiger charge is -2.07. The van der Waals surface area contributed by atoms with Crippen LogP contribution in [0.5, 0.6) is 0 Å². The normalized spacial score (nSPS) is 11.0. The standard InChI is InChI=1S/C16H18Cl2N8O2/c1-7-10(17)13(22-24(7)3)20-15(27)9-6-19-26(5)12(9)16(28)21-14-11(18)8(2)25(4)23-14/h6H,1-5H3,(H,20,22,27)(H,21,23,28). The summed E-state index contributed by atoms with van der Waals surface area (Å²) in [6.07, 6.45) is 1.29. The highest BCUT2D eigenvalue weighted by Crippen LogP contribution is 2.26. The minimum atomic E-state index is -0.576. The molecule has 0 aliphatic heterocycles. The fourth-order valence-corrected chi connectivity index (χ4v) is 2.95. The van der Waals surface area contributed by atoms with Crippen LogP contribution in [0.2, 0.25) is 10.0 Å². The van der Waals surface area contributed by atoms with Crippen molar-refractivity contribution in [3.8, 4) is 0 Å². The van der Waals surface area contributed by atoms with Crippen LogP contribution in [0.15, 0.2) is 6.20 Å². The lowest BCUT2D eigenvalue weighted by atomic mass is 10.2. The Labute approximate surface area is 170 Å². The molecule has 148 valence electrons. The predicted molar refractivity (Wildman–Crippen MR) is 105 cm³/mol. The highest BCUT2D eigenvalue weighted by Gasteiger charge is 2.25. The molecule has 10 nitrogen and oxygen atoms in total. The molecule has 3 aromatic rings. The Morgan fingerprint density at radius 1 is 0.857 bits per heavy atom. The average molecular weight is 425 g/mol. The first kappa shape index (κ1) is 19.9. The number of aryl methyl sites for hydroxylation is 3. The Bertz CT molecular complexity index is 1090. The fourth-order valence-electron chi connectivity index (χ4n) is 2.54. The van der Waals surface area contributed by atoms with Crippen molar-refractivity contribution < 1.29 is 9.59 Å². The lowest BCUT2D eigenvalue weighted by Crippen LogP contribution is -2.22. The van der Waals surface area contributed by atoms with E-state index in [2.05, 4.69) is 25.9 Å². The van der Waals surface area contributed by atoms with Crippen molar-refractivity contribution in [2.75, 3.05) is 10.6 Å². The molecule has 12 heteroatoms. The van der Waals surface area contributed by atoms with Gasteiger partial charge < -0.3 is 10.6 Å². The van der Waals surface area contributed by atoms with Crippen molar-refractivity contribution in [1.82, 2.24) is 29.3 Å². The summed E-state index contributed by atoms with van der Waals surface area (Å²) in [7, 11) is 4.96. The number of carbonyl (C=O) groups is 2. The van der Waals surface area contributed by atoms with Crippen LogP contribution < -0.4 is 10.6 Å².